The Morgan fingerprint density at radius 3 is 2.35 bits per heavy atom. The Labute approximate surface area is 112 Å². The van der Waals surface area contributed by atoms with E-state index in [1.54, 1.807) is 0 Å². The van der Waals surface area contributed by atoms with Crippen molar-refractivity contribution < 1.29 is 4.79 Å². The maximum atomic E-state index is 12.0. The zero-order valence-electron chi connectivity index (χ0n) is 10.6. The van der Waals surface area contributed by atoms with E-state index in [-0.39, 0.29) is 16.8 Å². The van der Waals surface area contributed by atoms with Crippen molar-refractivity contribution in [3.63, 3.8) is 0 Å². The monoisotopic (exact) mass is 297 g/mol. The summed E-state index contributed by atoms with van der Waals surface area (Å²) in [5.74, 6) is 0.360. The van der Waals surface area contributed by atoms with Gasteiger partial charge in [0.1, 0.15) is 0 Å². The van der Waals surface area contributed by atoms with Crippen molar-refractivity contribution in [2.75, 3.05) is 0 Å². The van der Waals surface area contributed by atoms with Crippen LogP contribution in [0.15, 0.2) is 30.3 Å². The summed E-state index contributed by atoms with van der Waals surface area (Å²) in [6.45, 7) is 6.14. The van der Waals surface area contributed by atoms with E-state index >= 15 is 0 Å². The molecular formula is C14H20BrNO. The second-order valence-electron chi connectivity index (χ2n) is 4.53. The summed E-state index contributed by atoms with van der Waals surface area (Å²) < 4.78 is 0. The zero-order valence-corrected chi connectivity index (χ0v) is 12.2. The fraction of sp³-hybridized carbons (Fsp3) is 0.500. The third kappa shape index (κ3) is 4.15. The molecule has 0 saturated carbocycles. The van der Waals surface area contributed by atoms with Gasteiger partial charge in [-0.25, -0.2) is 0 Å². The molecular weight excluding hydrogens is 278 g/mol. The second-order valence-corrected chi connectivity index (χ2v) is 5.51. The molecule has 1 aromatic carbocycles. The van der Waals surface area contributed by atoms with Crippen molar-refractivity contribution in [1.29, 1.82) is 0 Å². The zero-order chi connectivity index (χ0) is 12.8. The molecule has 1 rings (SSSR count). The topological polar surface area (TPSA) is 29.1 Å². The predicted octanol–water partition coefficient (Wildman–Crippen LogP) is 3.67. The van der Waals surface area contributed by atoms with Crippen LogP contribution in [0, 0.1) is 5.92 Å². The van der Waals surface area contributed by atoms with Crippen LogP contribution in [0.4, 0.5) is 0 Å². The number of alkyl halides is 1. The van der Waals surface area contributed by atoms with Crippen LogP contribution in [0.3, 0.4) is 0 Å². The third-order valence-corrected chi connectivity index (χ3v) is 4.24. The van der Waals surface area contributed by atoms with E-state index in [2.05, 4.69) is 28.2 Å². The first-order valence-electron chi connectivity index (χ1n) is 6.05. The van der Waals surface area contributed by atoms with Gasteiger partial charge in [-0.2, -0.15) is 0 Å². The Hall–Kier alpha value is -0.830. The smallest absolute Gasteiger partial charge is 0.234 e. The van der Waals surface area contributed by atoms with E-state index in [1.807, 2.05) is 44.2 Å². The van der Waals surface area contributed by atoms with Crippen molar-refractivity contribution in [1.82, 2.24) is 5.32 Å². The molecule has 0 aliphatic heterocycles. The number of carbonyl (C=O) groups is 1. The van der Waals surface area contributed by atoms with Crippen LogP contribution in [0.25, 0.3) is 0 Å². The molecule has 94 valence electrons. The highest BCUT2D eigenvalue weighted by atomic mass is 79.9. The summed E-state index contributed by atoms with van der Waals surface area (Å²) in [4.78, 5) is 11.8. The number of benzene rings is 1. The number of nitrogens with one attached hydrogen (secondary N) is 1. The number of amides is 1. The quantitative estimate of drug-likeness (QED) is 0.826. The molecule has 0 heterocycles. The minimum atomic E-state index is -0.125. The van der Waals surface area contributed by atoms with E-state index in [9.17, 15) is 4.79 Å². The highest BCUT2D eigenvalue weighted by Gasteiger charge is 2.21. The molecule has 0 bridgehead atoms. The van der Waals surface area contributed by atoms with Gasteiger partial charge in [0, 0.05) is 0 Å². The standard InChI is InChI=1S/C14H20BrNO/c1-4-12(11-8-6-5-7-9-11)16-14(17)13(15)10(2)3/h5-10,12-13H,4H2,1-3H3,(H,16,17)/t12-,13?/m0/s1. The first-order chi connectivity index (χ1) is 8.06. The van der Waals surface area contributed by atoms with Gasteiger partial charge in [-0.05, 0) is 17.9 Å². The largest absolute Gasteiger partial charge is 0.348 e. The second kappa shape index (κ2) is 6.80. The van der Waals surface area contributed by atoms with Crippen LogP contribution >= 0.6 is 15.9 Å². The van der Waals surface area contributed by atoms with Gasteiger partial charge in [0.25, 0.3) is 0 Å². The molecule has 17 heavy (non-hydrogen) atoms. The van der Waals surface area contributed by atoms with Gasteiger partial charge in [-0.15, -0.1) is 0 Å². The predicted molar refractivity (Wildman–Crippen MR) is 75.2 cm³/mol. The average molecular weight is 298 g/mol. The van der Waals surface area contributed by atoms with Crippen LogP contribution in [-0.2, 0) is 4.79 Å². The molecule has 0 saturated heterocycles. The van der Waals surface area contributed by atoms with Crippen LogP contribution < -0.4 is 5.32 Å². The molecule has 3 heteroatoms. The minimum Gasteiger partial charge on any atom is -0.348 e. The molecule has 0 spiro atoms. The van der Waals surface area contributed by atoms with Gasteiger partial charge < -0.3 is 5.32 Å². The maximum Gasteiger partial charge on any atom is 0.234 e. The van der Waals surface area contributed by atoms with Gasteiger partial charge in [0.15, 0.2) is 0 Å². The van der Waals surface area contributed by atoms with E-state index in [1.165, 1.54) is 0 Å². The molecule has 2 nitrogen and oxygen atoms in total. The van der Waals surface area contributed by atoms with Crippen molar-refractivity contribution >= 4 is 21.8 Å². The number of hydrogen-bond acceptors (Lipinski definition) is 1. The SMILES string of the molecule is CC[C@H](NC(=O)C(Br)C(C)C)c1ccccc1. The van der Waals surface area contributed by atoms with Crippen molar-refractivity contribution in [2.45, 2.75) is 38.1 Å². The lowest BCUT2D eigenvalue weighted by Crippen LogP contribution is -2.36. The highest BCUT2D eigenvalue weighted by molar-refractivity contribution is 9.10. The Morgan fingerprint density at radius 1 is 1.29 bits per heavy atom. The first kappa shape index (κ1) is 14.2. The molecule has 0 fully saturated rings. The Balaban J connectivity index is 2.68. The Kier molecular flexibility index (Phi) is 5.69. The molecule has 1 amide bonds. The van der Waals surface area contributed by atoms with Crippen molar-refractivity contribution in [2.24, 2.45) is 5.92 Å². The van der Waals surface area contributed by atoms with Gasteiger partial charge in [0.2, 0.25) is 5.91 Å². The van der Waals surface area contributed by atoms with Gasteiger partial charge in [-0.1, -0.05) is 67.0 Å². The fourth-order valence-electron chi connectivity index (χ4n) is 1.66. The van der Waals surface area contributed by atoms with Gasteiger partial charge in [0.05, 0.1) is 10.9 Å². The lowest BCUT2D eigenvalue weighted by molar-refractivity contribution is -0.121. The van der Waals surface area contributed by atoms with Crippen LogP contribution in [-0.4, -0.2) is 10.7 Å². The summed E-state index contributed by atoms with van der Waals surface area (Å²) in [6, 6.07) is 10.2. The van der Waals surface area contributed by atoms with Crippen molar-refractivity contribution in [3.8, 4) is 0 Å². The summed E-state index contributed by atoms with van der Waals surface area (Å²) in [5, 5.41) is 3.08. The van der Waals surface area contributed by atoms with Gasteiger partial charge in [-0.3, -0.25) is 4.79 Å². The summed E-state index contributed by atoms with van der Waals surface area (Å²) in [7, 11) is 0. The summed E-state index contributed by atoms with van der Waals surface area (Å²) in [5.41, 5.74) is 1.16. The van der Waals surface area contributed by atoms with E-state index in [4.69, 9.17) is 0 Å². The molecule has 0 aliphatic carbocycles. The summed E-state index contributed by atoms with van der Waals surface area (Å²) >= 11 is 3.43. The lowest BCUT2D eigenvalue weighted by atomic mass is 10.0. The fourth-order valence-corrected chi connectivity index (χ4v) is 1.79. The van der Waals surface area contributed by atoms with Crippen LogP contribution in [0.1, 0.15) is 38.8 Å². The van der Waals surface area contributed by atoms with E-state index in [0.29, 0.717) is 5.92 Å². The highest BCUT2D eigenvalue weighted by Crippen LogP contribution is 2.18. The average Bonchev–Trinajstić information content (AvgIpc) is 2.35. The lowest BCUT2D eigenvalue weighted by Gasteiger charge is -2.21. The number of hydrogen-bond donors (Lipinski definition) is 1. The Morgan fingerprint density at radius 2 is 1.88 bits per heavy atom. The first-order valence-corrected chi connectivity index (χ1v) is 6.97. The normalized spacial score (nSPS) is 14.4. The molecule has 1 aromatic rings. The minimum absolute atomic E-state index is 0.0655. The Bertz CT molecular complexity index is 350. The molecule has 2 atom stereocenters. The van der Waals surface area contributed by atoms with Crippen LogP contribution in [0.5, 0.6) is 0 Å². The van der Waals surface area contributed by atoms with E-state index < -0.39 is 0 Å². The van der Waals surface area contributed by atoms with Crippen LogP contribution in [0.2, 0.25) is 0 Å². The molecule has 0 radical (unpaired) electrons. The molecule has 0 aromatic heterocycles. The number of carbonyl (C=O) groups excluding carboxylic acids is 1. The van der Waals surface area contributed by atoms with Crippen molar-refractivity contribution in [3.05, 3.63) is 35.9 Å². The number of halogens is 1. The molecule has 1 N–H and O–H groups in total. The van der Waals surface area contributed by atoms with E-state index in [0.717, 1.165) is 12.0 Å². The van der Waals surface area contributed by atoms with Gasteiger partial charge >= 0.3 is 0 Å². The maximum absolute atomic E-state index is 12.0. The summed E-state index contributed by atoms with van der Waals surface area (Å²) in [6.07, 6.45) is 0.896. The molecule has 1 unspecified atom stereocenters. The number of rotatable bonds is 5. The molecule has 0 aliphatic rings. The third-order valence-electron chi connectivity index (χ3n) is 2.76.